The van der Waals surface area contributed by atoms with Crippen LogP contribution in [0.4, 0.5) is 5.69 Å². The number of carbonyl (C=O) groups is 1. The van der Waals surface area contributed by atoms with E-state index in [0.29, 0.717) is 0 Å². The lowest BCUT2D eigenvalue weighted by molar-refractivity contribution is -0.121. The molecule has 5 nitrogen and oxygen atoms in total. The van der Waals surface area contributed by atoms with E-state index in [-0.39, 0.29) is 11.8 Å². The van der Waals surface area contributed by atoms with E-state index in [9.17, 15) is 4.79 Å². The SMILES string of the molecule is O=C(Nc1ccc(-c2ccco2)cc1)C1CCCN(C/C=C/c2ccco2)C1. The molecule has 0 radical (unpaired) electrons. The van der Waals surface area contributed by atoms with Gasteiger partial charge in [0, 0.05) is 24.3 Å². The molecule has 1 saturated heterocycles. The zero-order valence-electron chi connectivity index (χ0n) is 15.7. The molecule has 1 aliphatic heterocycles. The van der Waals surface area contributed by atoms with Crippen LogP contribution in [-0.4, -0.2) is 30.4 Å². The molecule has 1 N–H and O–H groups in total. The van der Waals surface area contributed by atoms with Crippen molar-refractivity contribution in [3.05, 3.63) is 72.9 Å². The number of benzene rings is 1. The number of nitrogens with zero attached hydrogens (tertiary/aromatic N) is 1. The van der Waals surface area contributed by atoms with Crippen LogP contribution in [0.5, 0.6) is 0 Å². The third kappa shape index (κ3) is 4.61. The normalized spacial score (nSPS) is 17.8. The van der Waals surface area contributed by atoms with Gasteiger partial charge in [-0.2, -0.15) is 0 Å². The fraction of sp³-hybridized carbons (Fsp3) is 0.261. The van der Waals surface area contributed by atoms with Crippen molar-refractivity contribution in [2.45, 2.75) is 12.8 Å². The summed E-state index contributed by atoms with van der Waals surface area (Å²) in [4.78, 5) is 15.0. The van der Waals surface area contributed by atoms with Gasteiger partial charge in [-0.1, -0.05) is 6.08 Å². The predicted molar refractivity (Wildman–Crippen MR) is 110 cm³/mol. The van der Waals surface area contributed by atoms with E-state index in [1.807, 2.05) is 54.6 Å². The molecular formula is C23H24N2O3. The highest BCUT2D eigenvalue weighted by Crippen LogP contribution is 2.23. The van der Waals surface area contributed by atoms with E-state index in [1.165, 1.54) is 0 Å². The Bertz CT molecular complexity index is 896. The van der Waals surface area contributed by atoms with Crippen LogP contribution < -0.4 is 5.32 Å². The zero-order chi connectivity index (χ0) is 19.2. The first-order valence-corrected chi connectivity index (χ1v) is 9.65. The van der Waals surface area contributed by atoms with Crippen LogP contribution in [0, 0.1) is 5.92 Å². The van der Waals surface area contributed by atoms with Crippen molar-refractivity contribution in [2.24, 2.45) is 5.92 Å². The van der Waals surface area contributed by atoms with Crippen molar-refractivity contribution in [1.29, 1.82) is 0 Å². The molecule has 1 aliphatic rings. The quantitative estimate of drug-likeness (QED) is 0.664. The highest BCUT2D eigenvalue weighted by Gasteiger charge is 2.25. The van der Waals surface area contributed by atoms with Crippen molar-refractivity contribution in [3.8, 4) is 11.3 Å². The molecule has 144 valence electrons. The lowest BCUT2D eigenvalue weighted by atomic mass is 9.97. The molecule has 0 spiro atoms. The molecule has 1 aromatic carbocycles. The second kappa shape index (κ2) is 8.76. The Hall–Kier alpha value is -3.05. The number of amides is 1. The topological polar surface area (TPSA) is 58.6 Å². The van der Waals surface area contributed by atoms with Gasteiger partial charge in [0.05, 0.1) is 18.4 Å². The van der Waals surface area contributed by atoms with Crippen molar-refractivity contribution in [3.63, 3.8) is 0 Å². The van der Waals surface area contributed by atoms with E-state index in [0.717, 1.165) is 55.2 Å². The molecular weight excluding hydrogens is 352 g/mol. The van der Waals surface area contributed by atoms with Gasteiger partial charge in [0.15, 0.2) is 0 Å². The summed E-state index contributed by atoms with van der Waals surface area (Å²) in [6.45, 7) is 2.62. The summed E-state index contributed by atoms with van der Waals surface area (Å²) in [5, 5.41) is 3.05. The summed E-state index contributed by atoms with van der Waals surface area (Å²) in [5.41, 5.74) is 1.81. The van der Waals surface area contributed by atoms with Crippen LogP contribution in [0.25, 0.3) is 17.4 Å². The largest absolute Gasteiger partial charge is 0.465 e. The number of piperidine rings is 1. The molecule has 1 fully saturated rings. The summed E-state index contributed by atoms with van der Waals surface area (Å²) in [5.74, 6) is 1.77. The Kier molecular flexibility index (Phi) is 5.73. The predicted octanol–water partition coefficient (Wildman–Crippen LogP) is 4.90. The maximum atomic E-state index is 12.7. The molecule has 0 saturated carbocycles. The average Bonchev–Trinajstić information content (AvgIpc) is 3.43. The first kappa shape index (κ1) is 18.3. The van der Waals surface area contributed by atoms with Gasteiger partial charge >= 0.3 is 0 Å². The van der Waals surface area contributed by atoms with Gasteiger partial charge in [0.25, 0.3) is 0 Å². The number of hydrogen-bond acceptors (Lipinski definition) is 4. The smallest absolute Gasteiger partial charge is 0.228 e. The average molecular weight is 376 g/mol. The van der Waals surface area contributed by atoms with Gasteiger partial charge < -0.3 is 14.2 Å². The molecule has 4 rings (SSSR count). The third-order valence-electron chi connectivity index (χ3n) is 5.02. The number of nitrogens with one attached hydrogen (secondary N) is 1. The second-order valence-corrected chi connectivity index (χ2v) is 7.06. The monoisotopic (exact) mass is 376 g/mol. The zero-order valence-corrected chi connectivity index (χ0v) is 15.7. The minimum atomic E-state index is 0.00973. The van der Waals surface area contributed by atoms with Gasteiger partial charge in [-0.3, -0.25) is 9.69 Å². The maximum Gasteiger partial charge on any atom is 0.228 e. The lowest BCUT2D eigenvalue weighted by Crippen LogP contribution is -2.40. The minimum absolute atomic E-state index is 0.00973. The number of anilines is 1. The Morgan fingerprint density at radius 3 is 2.68 bits per heavy atom. The standard InChI is InChI=1S/C23H24N2O3/c26-23(24-20-11-9-18(10-12-20)22-8-4-16-28-22)19-5-1-13-25(17-19)14-2-6-21-7-3-15-27-21/h2-4,6-12,15-16,19H,1,5,13-14,17H2,(H,24,26)/b6-2+. The van der Waals surface area contributed by atoms with Gasteiger partial charge in [0.2, 0.25) is 5.91 Å². The van der Waals surface area contributed by atoms with Gasteiger partial charge in [-0.25, -0.2) is 0 Å². The summed E-state index contributed by atoms with van der Waals surface area (Å²) < 4.78 is 10.7. The highest BCUT2D eigenvalue weighted by molar-refractivity contribution is 5.93. The van der Waals surface area contributed by atoms with E-state index >= 15 is 0 Å². The molecule has 1 atom stereocenters. The summed E-state index contributed by atoms with van der Waals surface area (Å²) in [6.07, 6.45) is 9.35. The summed E-state index contributed by atoms with van der Waals surface area (Å²) in [7, 11) is 0. The van der Waals surface area contributed by atoms with E-state index in [1.54, 1.807) is 12.5 Å². The van der Waals surface area contributed by atoms with Gasteiger partial charge in [-0.05, 0) is 74.0 Å². The van der Waals surface area contributed by atoms with Gasteiger partial charge in [0.1, 0.15) is 11.5 Å². The molecule has 1 unspecified atom stereocenters. The summed E-state index contributed by atoms with van der Waals surface area (Å²) in [6, 6.07) is 15.4. The third-order valence-corrected chi connectivity index (χ3v) is 5.02. The molecule has 28 heavy (non-hydrogen) atoms. The van der Waals surface area contributed by atoms with Gasteiger partial charge in [-0.15, -0.1) is 0 Å². The summed E-state index contributed by atoms with van der Waals surface area (Å²) >= 11 is 0. The Morgan fingerprint density at radius 1 is 1.11 bits per heavy atom. The number of rotatable bonds is 6. The fourth-order valence-corrected chi connectivity index (χ4v) is 3.54. The number of likely N-dealkylation sites (tertiary alicyclic amines) is 1. The molecule has 5 heteroatoms. The van der Waals surface area contributed by atoms with E-state index < -0.39 is 0 Å². The first-order chi connectivity index (χ1) is 13.8. The molecule has 3 heterocycles. The first-order valence-electron chi connectivity index (χ1n) is 9.65. The Labute approximate surface area is 164 Å². The molecule has 1 amide bonds. The molecule has 0 aliphatic carbocycles. The fourth-order valence-electron chi connectivity index (χ4n) is 3.54. The number of hydrogen-bond donors (Lipinski definition) is 1. The minimum Gasteiger partial charge on any atom is -0.465 e. The van der Waals surface area contributed by atoms with Crippen molar-refractivity contribution in [2.75, 3.05) is 25.0 Å². The van der Waals surface area contributed by atoms with Crippen molar-refractivity contribution in [1.82, 2.24) is 4.90 Å². The Morgan fingerprint density at radius 2 is 1.93 bits per heavy atom. The van der Waals surface area contributed by atoms with E-state index in [4.69, 9.17) is 8.83 Å². The lowest BCUT2D eigenvalue weighted by Gasteiger charge is -2.31. The molecule has 2 aromatic heterocycles. The highest BCUT2D eigenvalue weighted by atomic mass is 16.3. The van der Waals surface area contributed by atoms with Crippen molar-refractivity contribution >= 4 is 17.7 Å². The number of carbonyl (C=O) groups excluding carboxylic acids is 1. The van der Waals surface area contributed by atoms with Crippen LogP contribution in [-0.2, 0) is 4.79 Å². The van der Waals surface area contributed by atoms with E-state index in [2.05, 4.69) is 16.3 Å². The molecule has 0 bridgehead atoms. The molecule has 3 aromatic rings. The van der Waals surface area contributed by atoms with Crippen LogP contribution >= 0.6 is 0 Å². The Balaban J connectivity index is 1.30. The second-order valence-electron chi connectivity index (χ2n) is 7.06. The van der Waals surface area contributed by atoms with Crippen LogP contribution in [0.3, 0.4) is 0 Å². The van der Waals surface area contributed by atoms with Crippen LogP contribution in [0.15, 0.2) is 76.0 Å². The van der Waals surface area contributed by atoms with Crippen LogP contribution in [0.2, 0.25) is 0 Å². The maximum absolute atomic E-state index is 12.7. The van der Waals surface area contributed by atoms with Crippen molar-refractivity contribution < 1.29 is 13.6 Å². The number of furan rings is 2. The van der Waals surface area contributed by atoms with Crippen LogP contribution in [0.1, 0.15) is 18.6 Å².